The van der Waals surface area contributed by atoms with Crippen molar-refractivity contribution in [1.82, 2.24) is 14.9 Å². The molecule has 0 spiro atoms. The van der Waals surface area contributed by atoms with Gasteiger partial charge in [0.05, 0.1) is 17.8 Å². The molecule has 2 heterocycles. The Labute approximate surface area is 121 Å². The van der Waals surface area contributed by atoms with Gasteiger partial charge >= 0.3 is 0 Å². The minimum atomic E-state index is -0.149. The third-order valence-corrected chi connectivity index (χ3v) is 2.91. The van der Waals surface area contributed by atoms with Crippen LogP contribution in [0.4, 0.5) is 5.69 Å². The molecule has 0 radical (unpaired) electrons. The number of nitrogens with one attached hydrogen (secondary N) is 1. The van der Waals surface area contributed by atoms with Crippen LogP contribution in [0.25, 0.3) is 5.69 Å². The molecule has 0 aliphatic rings. The van der Waals surface area contributed by atoms with Crippen LogP contribution < -0.4 is 5.32 Å². The summed E-state index contributed by atoms with van der Waals surface area (Å²) in [6.45, 7) is 1.82. The van der Waals surface area contributed by atoms with E-state index in [1.54, 1.807) is 16.9 Å². The summed E-state index contributed by atoms with van der Waals surface area (Å²) in [4.78, 5) is 12.0. The Hall–Kier alpha value is -2.89. The molecular weight excluding hydrogens is 268 g/mol. The zero-order valence-corrected chi connectivity index (χ0v) is 11.5. The van der Waals surface area contributed by atoms with Crippen LogP contribution in [0.1, 0.15) is 11.5 Å². The van der Waals surface area contributed by atoms with E-state index in [4.69, 9.17) is 4.52 Å². The second-order valence-corrected chi connectivity index (χ2v) is 4.66. The number of hydrogen-bond acceptors (Lipinski definition) is 4. The fourth-order valence-electron chi connectivity index (χ4n) is 2.01. The van der Waals surface area contributed by atoms with Crippen molar-refractivity contribution in [1.29, 1.82) is 0 Å². The van der Waals surface area contributed by atoms with Gasteiger partial charge in [-0.2, -0.15) is 5.10 Å². The standard InChI is InChI=1S/C15H14N4O2/c1-11-8-14(21-18-11)10-15(20)17-12-4-2-5-13(9-12)19-7-3-6-16-19/h2-9H,10H2,1H3,(H,17,20). The maximum absolute atomic E-state index is 12.0. The fraction of sp³-hybridized carbons (Fsp3) is 0.133. The Kier molecular flexibility index (Phi) is 3.51. The van der Waals surface area contributed by atoms with Crippen LogP contribution >= 0.6 is 0 Å². The first-order valence-electron chi connectivity index (χ1n) is 6.53. The quantitative estimate of drug-likeness (QED) is 0.797. The van der Waals surface area contributed by atoms with E-state index in [1.807, 2.05) is 43.5 Å². The van der Waals surface area contributed by atoms with Crippen LogP contribution in [0, 0.1) is 6.92 Å². The van der Waals surface area contributed by atoms with Gasteiger partial charge in [-0.25, -0.2) is 4.68 Å². The lowest BCUT2D eigenvalue weighted by molar-refractivity contribution is -0.115. The Balaban J connectivity index is 1.70. The van der Waals surface area contributed by atoms with Gasteiger partial charge in [-0.05, 0) is 31.2 Å². The number of hydrogen-bond donors (Lipinski definition) is 1. The number of aromatic nitrogens is 3. The third-order valence-electron chi connectivity index (χ3n) is 2.91. The maximum Gasteiger partial charge on any atom is 0.232 e. The average molecular weight is 282 g/mol. The summed E-state index contributed by atoms with van der Waals surface area (Å²) in [7, 11) is 0. The van der Waals surface area contributed by atoms with Crippen molar-refractivity contribution in [2.45, 2.75) is 13.3 Å². The van der Waals surface area contributed by atoms with E-state index in [9.17, 15) is 4.79 Å². The molecule has 1 amide bonds. The van der Waals surface area contributed by atoms with Crippen LogP contribution in [0.15, 0.2) is 53.3 Å². The molecule has 1 aromatic carbocycles. The molecular formula is C15H14N4O2. The number of amides is 1. The van der Waals surface area contributed by atoms with Crippen molar-refractivity contribution < 1.29 is 9.32 Å². The van der Waals surface area contributed by atoms with Crippen LogP contribution in [-0.2, 0) is 11.2 Å². The first kappa shape index (κ1) is 13.1. The molecule has 0 saturated heterocycles. The van der Waals surface area contributed by atoms with Gasteiger partial charge in [-0.1, -0.05) is 11.2 Å². The highest BCUT2D eigenvalue weighted by Crippen LogP contribution is 2.14. The summed E-state index contributed by atoms with van der Waals surface area (Å²) in [6, 6.07) is 11.1. The van der Waals surface area contributed by atoms with Crippen molar-refractivity contribution in [2.75, 3.05) is 5.32 Å². The van der Waals surface area contributed by atoms with Crippen LogP contribution in [0.5, 0.6) is 0 Å². The van der Waals surface area contributed by atoms with E-state index in [0.29, 0.717) is 11.4 Å². The molecule has 6 nitrogen and oxygen atoms in total. The van der Waals surface area contributed by atoms with Crippen molar-refractivity contribution in [3.63, 3.8) is 0 Å². The predicted octanol–water partition coefficient (Wildman–Crippen LogP) is 2.35. The molecule has 6 heteroatoms. The van der Waals surface area contributed by atoms with Gasteiger partial charge in [0.25, 0.3) is 0 Å². The molecule has 21 heavy (non-hydrogen) atoms. The maximum atomic E-state index is 12.0. The van der Waals surface area contributed by atoms with Crippen molar-refractivity contribution >= 4 is 11.6 Å². The molecule has 3 rings (SSSR count). The minimum absolute atomic E-state index is 0.149. The van der Waals surface area contributed by atoms with Gasteiger partial charge in [-0.15, -0.1) is 0 Å². The molecule has 0 bridgehead atoms. The lowest BCUT2D eigenvalue weighted by Gasteiger charge is -2.06. The van der Waals surface area contributed by atoms with Gasteiger partial charge in [0, 0.05) is 24.1 Å². The average Bonchev–Trinajstić information content (AvgIpc) is 3.11. The Morgan fingerprint density at radius 1 is 1.33 bits per heavy atom. The zero-order valence-electron chi connectivity index (χ0n) is 11.5. The molecule has 2 aromatic heterocycles. The Morgan fingerprint density at radius 2 is 2.24 bits per heavy atom. The lowest BCUT2D eigenvalue weighted by Crippen LogP contribution is -2.14. The molecule has 1 N–H and O–H groups in total. The number of rotatable bonds is 4. The summed E-state index contributed by atoms with van der Waals surface area (Å²) >= 11 is 0. The third kappa shape index (κ3) is 3.17. The topological polar surface area (TPSA) is 73.0 Å². The lowest BCUT2D eigenvalue weighted by atomic mass is 10.2. The molecule has 0 fully saturated rings. The summed E-state index contributed by atoms with van der Waals surface area (Å²) in [5.74, 6) is 0.400. The molecule has 0 aliphatic carbocycles. The minimum Gasteiger partial charge on any atom is -0.361 e. The molecule has 0 unspecified atom stereocenters. The van der Waals surface area contributed by atoms with Gasteiger partial charge in [0.1, 0.15) is 5.76 Å². The van der Waals surface area contributed by atoms with E-state index in [0.717, 1.165) is 11.4 Å². The number of aryl methyl sites for hydroxylation is 1. The van der Waals surface area contributed by atoms with Gasteiger partial charge < -0.3 is 9.84 Å². The second-order valence-electron chi connectivity index (χ2n) is 4.66. The van der Waals surface area contributed by atoms with E-state index in [1.165, 1.54) is 0 Å². The normalized spacial score (nSPS) is 10.5. The monoisotopic (exact) mass is 282 g/mol. The number of carbonyl (C=O) groups is 1. The van der Waals surface area contributed by atoms with Crippen molar-refractivity contribution in [3.8, 4) is 5.69 Å². The summed E-state index contributed by atoms with van der Waals surface area (Å²) in [5.41, 5.74) is 2.36. The van der Waals surface area contributed by atoms with E-state index < -0.39 is 0 Å². The molecule has 0 aliphatic heterocycles. The highest BCUT2D eigenvalue weighted by molar-refractivity contribution is 5.92. The van der Waals surface area contributed by atoms with Crippen molar-refractivity contribution in [3.05, 3.63) is 60.2 Å². The fourth-order valence-corrected chi connectivity index (χ4v) is 2.01. The number of carbonyl (C=O) groups excluding carboxylic acids is 1. The largest absolute Gasteiger partial charge is 0.361 e. The zero-order chi connectivity index (χ0) is 14.7. The van der Waals surface area contributed by atoms with Crippen molar-refractivity contribution in [2.24, 2.45) is 0 Å². The number of nitrogens with zero attached hydrogens (tertiary/aromatic N) is 3. The summed E-state index contributed by atoms with van der Waals surface area (Å²) in [5, 5.41) is 10.8. The Morgan fingerprint density at radius 3 is 2.95 bits per heavy atom. The smallest absolute Gasteiger partial charge is 0.232 e. The van der Waals surface area contributed by atoms with E-state index >= 15 is 0 Å². The Bertz CT molecular complexity index is 747. The summed E-state index contributed by atoms with van der Waals surface area (Å²) in [6.07, 6.45) is 3.71. The molecule has 3 aromatic rings. The number of benzene rings is 1. The highest BCUT2D eigenvalue weighted by Gasteiger charge is 2.09. The SMILES string of the molecule is Cc1cc(CC(=O)Nc2cccc(-n3cccn3)c2)on1. The molecule has 106 valence electrons. The predicted molar refractivity (Wildman–Crippen MR) is 77.1 cm³/mol. The van der Waals surface area contributed by atoms with Gasteiger partial charge in [0.15, 0.2) is 0 Å². The van der Waals surface area contributed by atoms with E-state index in [-0.39, 0.29) is 12.3 Å². The van der Waals surface area contributed by atoms with Gasteiger partial charge in [0.2, 0.25) is 5.91 Å². The second kappa shape index (κ2) is 5.62. The van der Waals surface area contributed by atoms with Gasteiger partial charge in [-0.3, -0.25) is 4.79 Å². The first-order valence-corrected chi connectivity index (χ1v) is 6.53. The summed E-state index contributed by atoms with van der Waals surface area (Å²) < 4.78 is 6.76. The van der Waals surface area contributed by atoms with E-state index in [2.05, 4.69) is 15.6 Å². The van der Waals surface area contributed by atoms with Crippen LogP contribution in [0.3, 0.4) is 0 Å². The van der Waals surface area contributed by atoms with Crippen LogP contribution in [-0.4, -0.2) is 20.8 Å². The molecule has 0 saturated carbocycles. The number of anilines is 1. The first-order chi connectivity index (χ1) is 10.2. The molecule has 0 atom stereocenters. The highest BCUT2D eigenvalue weighted by atomic mass is 16.5. The van der Waals surface area contributed by atoms with Crippen LogP contribution in [0.2, 0.25) is 0 Å².